The normalized spacial score (nSPS) is 10.5. The van der Waals surface area contributed by atoms with Crippen LogP contribution in [-0.2, 0) is 11.3 Å². The molecule has 7 heteroatoms. The maximum Gasteiger partial charge on any atom is 0.405 e. The van der Waals surface area contributed by atoms with E-state index in [1.54, 1.807) is 23.6 Å². The van der Waals surface area contributed by atoms with Crippen LogP contribution in [0.15, 0.2) is 54.0 Å². The zero-order valence-electron chi connectivity index (χ0n) is 11.8. The van der Waals surface area contributed by atoms with Gasteiger partial charge >= 0.3 is 11.7 Å². The number of hydrogen-bond acceptors (Lipinski definition) is 5. The standard InChI is InChI=1S/C16H11ClN2O3S/c17-13-6-2-1-5-12(13)15-18-11(10-23-15)9-22-16(20)14-7-3-4-8-19(14)21/h1-8,10H,9H2. The molecule has 2 heterocycles. The molecule has 0 radical (unpaired) electrons. The predicted octanol–water partition coefficient (Wildman–Crippen LogP) is 3.45. The molecule has 0 fully saturated rings. The minimum Gasteiger partial charge on any atom is -0.618 e. The van der Waals surface area contributed by atoms with E-state index in [4.69, 9.17) is 16.3 Å². The maximum atomic E-state index is 11.9. The molecular formula is C16H11ClN2O3S. The monoisotopic (exact) mass is 346 g/mol. The summed E-state index contributed by atoms with van der Waals surface area (Å²) in [5, 5.41) is 14.6. The van der Waals surface area contributed by atoms with Crippen LogP contribution in [0, 0.1) is 5.21 Å². The van der Waals surface area contributed by atoms with Crippen molar-refractivity contribution in [2.75, 3.05) is 0 Å². The van der Waals surface area contributed by atoms with E-state index in [0.717, 1.165) is 10.6 Å². The summed E-state index contributed by atoms with van der Waals surface area (Å²) in [6, 6.07) is 11.9. The van der Waals surface area contributed by atoms with Crippen LogP contribution in [0.4, 0.5) is 0 Å². The van der Waals surface area contributed by atoms with Crippen LogP contribution >= 0.6 is 22.9 Å². The number of halogens is 1. The predicted molar refractivity (Wildman–Crippen MR) is 87.1 cm³/mol. The molecule has 0 N–H and O–H groups in total. The van der Waals surface area contributed by atoms with Crippen LogP contribution in [0.3, 0.4) is 0 Å². The van der Waals surface area contributed by atoms with Gasteiger partial charge < -0.3 is 9.94 Å². The van der Waals surface area contributed by atoms with E-state index in [-0.39, 0.29) is 12.3 Å². The number of carbonyl (C=O) groups is 1. The van der Waals surface area contributed by atoms with Crippen molar-refractivity contribution in [3.63, 3.8) is 0 Å². The van der Waals surface area contributed by atoms with Crippen molar-refractivity contribution in [3.05, 3.63) is 75.7 Å². The smallest absolute Gasteiger partial charge is 0.405 e. The molecule has 0 aliphatic heterocycles. The molecule has 0 bridgehead atoms. The molecule has 3 aromatic rings. The molecule has 0 amide bonds. The largest absolute Gasteiger partial charge is 0.618 e. The lowest BCUT2D eigenvalue weighted by Crippen LogP contribution is -2.34. The van der Waals surface area contributed by atoms with Crippen LogP contribution in [0.1, 0.15) is 16.2 Å². The highest BCUT2D eigenvalue weighted by Crippen LogP contribution is 2.30. The Morgan fingerprint density at radius 3 is 2.83 bits per heavy atom. The zero-order chi connectivity index (χ0) is 16.2. The van der Waals surface area contributed by atoms with E-state index in [1.165, 1.54) is 23.6 Å². The molecule has 23 heavy (non-hydrogen) atoms. The quantitative estimate of drug-likeness (QED) is 0.412. The molecule has 0 saturated carbocycles. The molecular weight excluding hydrogens is 336 g/mol. The van der Waals surface area contributed by atoms with Crippen molar-refractivity contribution in [1.82, 2.24) is 4.98 Å². The van der Waals surface area contributed by atoms with E-state index in [1.807, 2.05) is 18.2 Å². The van der Waals surface area contributed by atoms with Gasteiger partial charge in [-0.15, -0.1) is 11.3 Å². The fraction of sp³-hybridized carbons (Fsp3) is 0.0625. The van der Waals surface area contributed by atoms with Gasteiger partial charge in [-0.05, 0) is 12.1 Å². The van der Waals surface area contributed by atoms with Gasteiger partial charge in [0.15, 0.2) is 6.20 Å². The summed E-state index contributed by atoms with van der Waals surface area (Å²) >= 11 is 7.55. The van der Waals surface area contributed by atoms with Crippen LogP contribution in [0.25, 0.3) is 10.6 Å². The third kappa shape index (κ3) is 3.49. The number of rotatable bonds is 4. The van der Waals surface area contributed by atoms with Crippen LogP contribution in [-0.4, -0.2) is 11.0 Å². The number of thiazole rings is 1. The minimum atomic E-state index is -0.687. The van der Waals surface area contributed by atoms with Crippen LogP contribution in [0.5, 0.6) is 0 Å². The number of esters is 1. The van der Waals surface area contributed by atoms with Gasteiger partial charge in [-0.3, -0.25) is 0 Å². The number of ether oxygens (including phenoxy) is 1. The molecule has 0 saturated heterocycles. The number of aromatic nitrogens is 2. The molecule has 0 aliphatic rings. The van der Waals surface area contributed by atoms with Crippen molar-refractivity contribution in [2.24, 2.45) is 0 Å². The summed E-state index contributed by atoms with van der Waals surface area (Å²) in [6.45, 7) is -0.00528. The van der Waals surface area contributed by atoms with Crippen molar-refractivity contribution in [1.29, 1.82) is 0 Å². The Morgan fingerprint density at radius 2 is 2.04 bits per heavy atom. The van der Waals surface area contributed by atoms with Crippen molar-refractivity contribution >= 4 is 28.9 Å². The molecule has 0 aliphatic carbocycles. The van der Waals surface area contributed by atoms with Crippen molar-refractivity contribution < 1.29 is 14.3 Å². The van der Waals surface area contributed by atoms with Gasteiger partial charge in [0, 0.05) is 23.1 Å². The average molecular weight is 347 g/mol. The number of carbonyl (C=O) groups excluding carboxylic acids is 1. The van der Waals surface area contributed by atoms with Gasteiger partial charge in [0.2, 0.25) is 0 Å². The van der Waals surface area contributed by atoms with E-state index in [0.29, 0.717) is 15.4 Å². The Kier molecular flexibility index (Phi) is 4.55. The highest BCUT2D eigenvalue weighted by atomic mass is 35.5. The molecule has 1 aromatic carbocycles. The second kappa shape index (κ2) is 6.76. The summed E-state index contributed by atoms with van der Waals surface area (Å²) in [5.74, 6) is -0.687. The third-order valence-corrected chi connectivity index (χ3v) is 4.29. The van der Waals surface area contributed by atoms with Crippen molar-refractivity contribution in [2.45, 2.75) is 6.61 Å². The fourth-order valence-electron chi connectivity index (χ4n) is 1.93. The van der Waals surface area contributed by atoms with E-state index < -0.39 is 5.97 Å². The molecule has 0 unspecified atom stereocenters. The molecule has 116 valence electrons. The van der Waals surface area contributed by atoms with Gasteiger partial charge in [0.05, 0.1) is 10.7 Å². The highest BCUT2D eigenvalue weighted by molar-refractivity contribution is 7.13. The molecule has 3 rings (SSSR count). The lowest BCUT2D eigenvalue weighted by atomic mass is 10.2. The summed E-state index contributed by atoms with van der Waals surface area (Å²) in [4.78, 5) is 16.3. The molecule has 0 spiro atoms. The van der Waals surface area contributed by atoms with E-state index >= 15 is 0 Å². The second-order valence-electron chi connectivity index (χ2n) is 4.61. The summed E-state index contributed by atoms with van der Waals surface area (Å²) in [7, 11) is 0. The lowest BCUT2D eigenvalue weighted by molar-refractivity contribution is -0.608. The van der Waals surface area contributed by atoms with Gasteiger partial charge in [-0.25, -0.2) is 9.78 Å². The molecule has 0 atom stereocenters. The number of hydrogen-bond donors (Lipinski definition) is 0. The number of benzene rings is 1. The first kappa shape index (κ1) is 15.5. The number of pyridine rings is 1. The minimum absolute atomic E-state index is 0.00528. The van der Waals surface area contributed by atoms with Gasteiger partial charge in [-0.1, -0.05) is 29.8 Å². The maximum absolute atomic E-state index is 11.9. The van der Waals surface area contributed by atoms with Crippen molar-refractivity contribution in [3.8, 4) is 10.6 Å². The Morgan fingerprint density at radius 1 is 1.26 bits per heavy atom. The Labute approximate surface area is 141 Å². The summed E-state index contributed by atoms with van der Waals surface area (Å²) in [6.07, 6.45) is 1.24. The van der Waals surface area contributed by atoms with Gasteiger partial charge in [0.1, 0.15) is 11.6 Å². The topological polar surface area (TPSA) is 66.1 Å². The Hall–Kier alpha value is -2.44. The van der Waals surface area contributed by atoms with Crippen LogP contribution in [0.2, 0.25) is 5.02 Å². The zero-order valence-corrected chi connectivity index (χ0v) is 13.4. The Balaban J connectivity index is 1.70. The molecule has 5 nitrogen and oxygen atoms in total. The van der Waals surface area contributed by atoms with E-state index in [2.05, 4.69) is 4.98 Å². The van der Waals surface area contributed by atoms with Gasteiger partial charge in [0.25, 0.3) is 0 Å². The fourth-order valence-corrected chi connectivity index (χ4v) is 3.06. The number of nitrogens with zero attached hydrogens (tertiary/aromatic N) is 2. The SMILES string of the molecule is O=C(OCc1csc(-c2ccccc2Cl)n1)c1cccc[n+]1[O-]. The summed E-state index contributed by atoms with van der Waals surface area (Å²) < 4.78 is 5.60. The lowest BCUT2D eigenvalue weighted by Gasteiger charge is -2.03. The first-order valence-electron chi connectivity index (χ1n) is 6.70. The second-order valence-corrected chi connectivity index (χ2v) is 5.88. The highest BCUT2D eigenvalue weighted by Gasteiger charge is 2.17. The third-order valence-electron chi connectivity index (χ3n) is 3.04. The Bertz CT molecular complexity index is 851. The van der Waals surface area contributed by atoms with Crippen LogP contribution < -0.4 is 4.73 Å². The summed E-state index contributed by atoms with van der Waals surface area (Å²) in [5.41, 5.74) is 1.37. The molecule has 2 aromatic heterocycles. The van der Waals surface area contributed by atoms with Gasteiger partial charge in [-0.2, -0.15) is 4.73 Å². The first-order chi connectivity index (χ1) is 11.1. The van der Waals surface area contributed by atoms with E-state index in [9.17, 15) is 10.0 Å². The first-order valence-corrected chi connectivity index (χ1v) is 7.95. The average Bonchev–Trinajstić information content (AvgIpc) is 3.02.